The number of aryl methyl sites for hydroxylation is 2. The van der Waals surface area contributed by atoms with Crippen LogP contribution in [0.3, 0.4) is 0 Å². The van der Waals surface area contributed by atoms with Crippen molar-refractivity contribution in [3.05, 3.63) is 74.1 Å². The van der Waals surface area contributed by atoms with E-state index in [1.165, 1.54) is 35.6 Å². The first kappa shape index (κ1) is 20.6. The van der Waals surface area contributed by atoms with Gasteiger partial charge in [0.15, 0.2) is 4.80 Å². The van der Waals surface area contributed by atoms with Crippen LogP contribution in [0.25, 0.3) is 16.3 Å². The number of ether oxygens (including phenoxy) is 1. The van der Waals surface area contributed by atoms with Crippen molar-refractivity contribution >= 4 is 39.2 Å². The number of carbonyl (C=O) groups is 1. The number of aromatic nitrogens is 1. The highest BCUT2D eigenvalue weighted by molar-refractivity contribution is 7.16. The molecular weight excluding hydrogens is 390 g/mol. The van der Waals surface area contributed by atoms with E-state index in [4.69, 9.17) is 4.74 Å². The predicted molar refractivity (Wildman–Crippen MR) is 114 cm³/mol. The molecule has 0 aliphatic heterocycles. The Morgan fingerprint density at radius 1 is 1.31 bits per heavy atom. The molecule has 0 spiro atoms. The molecule has 0 saturated carbocycles. The molecule has 1 heterocycles. The molecule has 2 aromatic carbocycles. The van der Waals surface area contributed by atoms with Gasteiger partial charge in [-0.25, -0.2) is 0 Å². The molecule has 0 saturated heterocycles. The molecule has 0 atom stereocenters. The summed E-state index contributed by atoms with van der Waals surface area (Å²) in [6.07, 6.45) is 2.85. The van der Waals surface area contributed by atoms with Crippen LogP contribution in [0.4, 0.5) is 5.69 Å². The quantitative estimate of drug-likeness (QED) is 0.348. The number of non-ortho nitro benzene ring substituents is 1. The van der Waals surface area contributed by atoms with Crippen LogP contribution < -0.4 is 4.80 Å². The standard InChI is InChI=1S/C21H21N3O4S/c1-14-11-15(2)20-18(12-14)29-21(23(20)9-10-28-3)22-19(25)8-7-16-5-4-6-17(13-16)24(26)27/h4-8,11-13H,9-10H2,1-3H3/b8-7+,22-21?. The van der Waals surface area contributed by atoms with Gasteiger partial charge in [-0.1, -0.05) is 29.5 Å². The predicted octanol–water partition coefficient (Wildman–Crippen LogP) is 4.01. The molecule has 7 nitrogen and oxygen atoms in total. The monoisotopic (exact) mass is 411 g/mol. The molecule has 3 rings (SSSR count). The Kier molecular flexibility index (Phi) is 6.36. The molecule has 0 radical (unpaired) electrons. The SMILES string of the molecule is COCCn1c(=NC(=O)/C=C/c2cccc([N+](=O)[O-])c2)sc2cc(C)cc(C)c21. The minimum atomic E-state index is -0.468. The van der Waals surface area contributed by atoms with Crippen molar-refractivity contribution in [1.29, 1.82) is 0 Å². The second-order valence-electron chi connectivity index (χ2n) is 6.59. The van der Waals surface area contributed by atoms with E-state index in [1.54, 1.807) is 19.2 Å². The van der Waals surface area contributed by atoms with Gasteiger partial charge in [-0.3, -0.25) is 14.9 Å². The minimum Gasteiger partial charge on any atom is -0.383 e. The largest absolute Gasteiger partial charge is 0.383 e. The number of methoxy groups -OCH3 is 1. The van der Waals surface area contributed by atoms with Gasteiger partial charge in [-0.15, -0.1) is 0 Å². The van der Waals surface area contributed by atoms with E-state index in [-0.39, 0.29) is 5.69 Å². The van der Waals surface area contributed by atoms with Crippen molar-refractivity contribution in [2.24, 2.45) is 4.99 Å². The van der Waals surface area contributed by atoms with Crippen LogP contribution in [-0.2, 0) is 16.1 Å². The first-order valence-electron chi connectivity index (χ1n) is 9.00. The van der Waals surface area contributed by atoms with E-state index < -0.39 is 10.8 Å². The zero-order valence-corrected chi connectivity index (χ0v) is 17.2. The molecule has 8 heteroatoms. The third kappa shape index (κ3) is 4.85. The highest BCUT2D eigenvalue weighted by atomic mass is 32.1. The van der Waals surface area contributed by atoms with Crippen LogP contribution in [0, 0.1) is 24.0 Å². The molecule has 0 aliphatic rings. The number of amides is 1. The van der Waals surface area contributed by atoms with Gasteiger partial charge in [-0.2, -0.15) is 4.99 Å². The summed E-state index contributed by atoms with van der Waals surface area (Å²) in [6, 6.07) is 10.3. The summed E-state index contributed by atoms with van der Waals surface area (Å²) >= 11 is 1.46. The average molecular weight is 411 g/mol. The lowest BCUT2D eigenvalue weighted by molar-refractivity contribution is -0.384. The molecule has 0 bridgehead atoms. The summed E-state index contributed by atoms with van der Waals surface area (Å²) in [4.78, 5) is 27.7. The summed E-state index contributed by atoms with van der Waals surface area (Å²) in [5.74, 6) is -0.427. The van der Waals surface area contributed by atoms with E-state index in [2.05, 4.69) is 17.1 Å². The number of carbonyl (C=O) groups excluding carboxylic acids is 1. The number of hydrogen-bond acceptors (Lipinski definition) is 5. The van der Waals surface area contributed by atoms with Crippen LogP contribution in [-0.4, -0.2) is 29.1 Å². The van der Waals surface area contributed by atoms with Crippen LogP contribution in [0.5, 0.6) is 0 Å². The van der Waals surface area contributed by atoms with Gasteiger partial charge in [0.05, 0.1) is 21.7 Å². The molecule has 1 aromatic heterocycles. The number of thiazole rings is 1. The third-order valence-corrected chi connectivity index (χ3v) is 5.36. The van der Waals surface area contributed by atoms with E-state index in [0.29, 0.717) is 23.5 Å². The van der Waals surface area contributed by atoms with Crippen molar-refractivity contribution < 1.29 is 14.5 Å². The Labute approximate surface area is 171 Å². The van der Waals surface area contributed by atoms with Crippen molar-refractivity contribution in [3.8, 4) is 0 Å². The number of benzene rings is 2. The Morgan fingerprint density at radius 3 is 2.83 bits per heavy atom. The highest BCUT2D eigenvalue weighted by Gasteiger charge is 2.10. The third-order valence-electron chi connectivity index (χ3n) is 4.34. The lowest BCUT2D eigenvalue weighted by atomic mass is 10.1. The van der Waals surface area contributed by atoms with Gasteiger partial charge in [0.2, 0.25) is 0 Å². The van der Waals surface area contributed by atoms with Crippen molar-refractivity contribution in [1.82, 2.24) is 4.57 Å². The number of hydrogen-bond donors (Lipinski definition) is 0. The number of rotatable bonds is 6. The lowest BCUT2D eigenvalue weighted by Crippen LogP contribution is -2.19. The topological polar surface area (TPSA) is 86.7 Å². The Bertz CT molecular complexity index is 1170. The number of fused-ring (bicyclic) bond motifs is 1. The van der Waals surface area contributed by atoms with Crippen molar-refractivity contribution in [2.75, 3.05) is 13.7 Å². The Balaban J connectivity index is 1.98. The number of nitrogens with zero attached hydrogens (tertiary/aromatic N) is 3. The fourth-order valence-electron chi connectivity index (χ4n) is 3.11. The van der Waals surface area contributed by atoms with Gasteiger partial charge < -0.3 is 9.30 Å². The molecule has 0 fully saturated rings. The maximum absolute atomic E-state index is 12.4. The van der Waals surface area contributed by atoms with E-state index in [0.717, 1.165) is 21.3 Å². The molecule has 1 amide bonds. The summed E-state index contributed by atoms with van der Waals surface area (Å²) in [5.41, 5.74) is 3.86. The van der Waals surface area contributed by atoms with Crippen LogP contribution >= 0.6 is 11.3 Å². The summed E-state index contributed by atoms with van der Waals surface area (Å²) in [7, 11) is 1.63. The van der Waals surface area contributed by atoms with Gasteiger partial charge in [0.25, 0.3) is 11.6 Å². The fraction of sp³-hybridized carbons (Fsp3) is 0.238. The molecule has 3 aromatic rings. The number of nitro groups is 1. The van der Waals surface area contributed by atoms with Crippen molar-refractivity contribution in [3.63, 3.8) is 0 Å². The molecule has 0 unspecified atom stereocenters. The summed E-state index contributed by atoms with van der Waals surface area (Å²) < 4.78 is 8.27. The van der Waals surface area contributed by atoms with E-state index in [9.17, 15) is 14.9 Å². The Morgan fingerprint density at radius 2 is 2.10 bits per heavy atom. The van der Waals surface area contributed by atoms with E-state index >= 15 is 0 Å². The molecular formula is C21H21N3O4S. The molecule has 0 aliphatic carbocycles. The minimum absolute atomic E-state index is 0.0238. The van der Waals surface area contributed by atoms with Gasteiger partial charge in [0.1, 0.15) is 0 Å². The molecule has 0 N–H and O–H groups in total. The summed E-state index contributed by atoms with van der Waals surface area (Å²) in [5, 5.41) is 10.9. The summed E-state index contributed by atoms with van der Waals surface area (Å²) in [6.45, 7) is 5.17. The second kappa shape index (κ2) is 8.93. The average Bonchev–Trinajstić information content (AvgIpc) is 3.01. The first-order valence-corrected chi connectivity index (χ1v) is 9.81. The lowest BCUT2D eigenvalue weighted by Gasteiger charge is -2.07. The van der Waals surface area contributed by atoms with Crippen LogP contribution in [0.1, 0.15) is 16.7 Å². The normalized spacial score (nSPS) is 12.2. The van der Waals surface area contributed by atoms with Gasteiger partial charge in [-0.05, 0) is 42.7 Å². The first-order chi connectivity index (χ1) is 13.9. The van der Waals surface area contributed by atoms with Gasteiger partial charge in [0, 0.05) is 31.9 Å². The highest BCUT2D eigenvalue weighted by Crippen LogP contribution is 2.23. The second-order valence-corrected chi connectivity index (χ2v) is 7.60. The maximum Gasteiger partial charge on any atom is 0.272 e. The fourth-order valence-corrected chi connectivity index (χ4v) is 4.35. The van der Waals surface area contributed by atoms with E-state index in [1.807, 2.05) is 18.4 Å². The van der Waals surface area contributed by atoms with Crippen LogP contribution in [0.2, 0.25) is 0 Å². The smallest absolute Gasteiger partial charge is 0.272 e. The van der Waals surface area contributed by atoms with Crippen molar-refractivity contribution in [2.45, 2.75) is 20.4 Å². The number of nitro benzene ring substituents is 1. The molecule has 29 heavy (non-hydrogen) atoms. The Hall–Kier alpha value is -3.10. The molecule has 150 valence electrons. The zero-order chi connectivity index (χ0) is 21.0. The van der Waals surface area contributed by atoms with Gasteiger partial charge >= 0.3 is 0 Å². The maximum atomic E-state index is 12.4. The zero-order valence-electron chi connectivity index (χ0n) is 16.4. The van der Waals surface area contributed by atoms with Crippen LogP contribution in [0.15, 0.2) is 47.5 Å².